The summed E-state index contributed by atoms with van der Waals surface area (Å²) in [7, 11) is 3.24. The summed E-state index contributed by atoms with van der Waals surface area (Å²) in [6, 6.07) is 4.60. The molecule has 1 aromatic rings. The summed E-state index contributed by atoms with van der Waals surface area (Å²) >= 11 is 5.49. The lowest BCUT2D eigenvalue weighted by atomic mass is 10.1. The van der Waals surface area contributed by atoms with Gasteiger partial charge in [-0.2, -0.15) is 0 Å². The molecule has 0 atom stereocenters. The van der Waals surface area contributed by atoms with E-state index >= 15 is 0 Å². The molecule has 110 valence electrons. The van der Waals surface area contributed by atoms with Gasteiger partial charge in [0, 0.05) is 18.1 Å². The quantitative estimate of drug-likeness (QED) is 0.800. The number of rotatable bonds is 8. The molecule has 20 heavy (non-hydrogen) atoms. The Kier molecular flexibility index (Phi) is 5.56. The van der Waals surface area contributed by atoms with E-state index in [9.17, 15) is 0 Å². The molecule has 0 bridgehead atoms. The lowest BCUT2D eigenvalue weighted by molar-refractivity contribution is 0.300. The zero-order valence-corrected chi connectivity index (χ0v) is 12.6. The Labute approximate surface area is 124 Å². The van der Waals surface area contributed by atoms with Crippen molar-refractivity contribution in [2.24, 2.45) is 0 Å². The fourth-order valence-electron chi connectivity index (χ4n) is 1.90. The lowest BCUT2D eigenvalue weighted by Crippen LogP contribution is -2.15. The number of nitrogens with one attached hydrogen (secondary N) is 1. The molecule has 4 nitrogen and oxygen atoms in total. The van der Waals surface area contributed by atoms with Crippen LogP contribution in [0, 0.1) is 0 Å². The predicted octanol–water partition coefficient (Wildman–Crippen LogP) is 3.09. The van der Waals surface area contributed by atoms with Gasteiger partial charge in [-0.1, -0.05) is 11.6 Å². The third-order valence-electron chi connectivity index (χ3n) is 3.11. The van der Waals surface area contributed by atoms with Crippen LogP contribution in [0.4, 0.5) is 0 Å². The molecular weight excluding hydrogens is 278 g/mol. The van der Waals surface area contributed by atoms with Crippen LogP contribution in [-0.4, -0.2) is 26.9 Å². The van der Waals surface area contributed by atoms with Crippen LogP contribution in [0.3, 0.4) is 0 Å². The van der Waals surface area contributed by atoms with Crippen LogP contribution in [0.2, 0.25) is 0 Å². The van der Waals surface area contributed by atoms with Gasteiger partial charge < -0.3 is 19.5 Å². The van der Waals surface area contributed by atoms with Crippen LogP contribution in [-0.2, 0) is 6.54 Å². The van der Waals surface area contributed by atoms with Gasteiger partial charge in [-0.25, -0.2) is 0 Å². The minimum atomic E-state index is 0.371. The summed E-state index contributed by atoms with van der Waals surface area (Å²) in [6.45, 7) is 1.18. The Morgan fingerprint density at radius 1 is 1.25 bits per heavy atom. The van der Waals surface area contributed by atoms with Crippen molar-refractivity contribution >= 4 is 11.6 Å². The molecule has 0 aromatic heterocycles. The third-order valence-corrected chi connectivity index (χ3v) is 3.28. The van der Waals surface area contributed by atoms with Crippen molar-refractivity contribution in [3.05, 3.63) is 29.3 Å². The Hall–Kier alpha value is -1.39. The molecule has 1 N–H and O–H groups in total. The molecule has 0 heterocycles. The minimum absolute atomic E-state index is 0.371. The van der Waals surface area contributed by atoms with Crippen LogP contribution in [0.15, 0.2) is 23.7 Å². The largest absolute Gasteiger partial charge is 0.493 e. The van der Waals surface area contributed by atoms with Crippen LogP contribution in [0.5, 0.6) is 17.2 Å². The van der Waals surface area contributed by atoms with Crippen LogP contribution in [0.1, 0.15) is 18.4 Å². The number of hydrogen-bond acceptors (Lipinski definition) is 4. The first-order chi connectivity index (χ1) is 9.78. The molecule has 1 saturated carbocycles. The van der Waals surface area contributed by atoms with E-state index in [1.807, 2.05) is 12.1 Å². The van der Waals surface area contributed by atoms with E-state index in [0.29, 0.717) is 29.9 Å². The van der Waals surface area contributed by atoms with Gasteiger partial charge in [-0.15, -0.1) is 0 Å². The fraction of sp³-hybridized carbons (Fsp3) is 0.467. The lowest BCUT2D eigenvalue weighted by Gasteiger charge is -2.15. The van der Waals surface area contributed by atoms with Crippen LogP contribution < -0.4 is 19.5 Å². The van der Waals surface area contributed by atoms with Crippen molar-refractivity contribution in [1.82, 2.24) is 5.32 Å². The van der Waals surface area contributed by atoms with Gasteiger partial charge in [0.1, 0.15) is 6.61 Å². The summed E-state index contributed by atoms with van der Waals surface area (Å²) < 4.78 is 16.4. The minimum Gasteiger partial charge on any atom is -0.493 e. The van der Waals surface area contributed by atoms with Gasteiger partial charge in [-0.3, -0.25) is 0 Å². The van der Waals surface area contributed by atoms with E-state index in [1.54, 1.807) is 20.3 Å². The maximum atomic E-state index is 5.64. The molecule has 0 unspecified atom stereocenters. The summed E-state index contributed by atoms with van der Waals surface area (Å²) in [5.41, 5.74) is 2.54. The van der Waals surface area contributed by atoms with Crippen molar-refractivity contribution < 1.29 is 14.2 Å². The van der Waals surface area contributed by atoms with Gasteiger partial charge in [0.25, 0.3) is 0 Å². The van der Waals surface area contributed by atoms with E-state index < -0.39 is 0 Å². The van der Waals surface area contributed by atoms with Crippen molar-refractivity contribution in [1.29, 1.82) is 0 Å². The maximum Gasteiger partial charge on any atom is 0.203 e. The Morgan fingerprint density at radius 2 is 1.90 bits per heavy atom. The van der Waals surface area contributed by atoms with Crippen LogP contribution in [0.25, 0.3) is 0 Å². The first kappa shape index (κ1) is 15.0. The molecular formula is C15H20ClNO3. The van der Waals surface area contributed by atoms with Crippen molar-refractivity contribution in [3.63, 3.8) is 0 Å². The molecule has 5 heteroatoms. The highest BCUT2D eigenvalue weighted by Gasteiger charge is 2.21. The predicted molar refractivity (Wildman–Crippen MR) is 79.9 cm³/mol. The molecule has 1 fully saturated rings. The zero-order valence-electron chi connectivity index (χ0n) is 11.8. The Bertz CT molecular complexity index is 447. The van der Waals surface area contributed by atoms with E-state index in [4.69, 9.17) is 25.8 Å². The van der Waals surface area contributed by atoms with E-state index in [1.165, 1.54) is 18.4 Å². The number of ether oxygens (including phenoxy) is 3. The summed E-state index contributed by atoms with van der Waals surface area (Å²) in [5, 5.41) is 3.47. The normalized spacial score (nSPS) is 14.6. The summed E-state index contributed by atoms with van der Waals surface area (Å²) in [4.78, 5) is 0. The first-order valence-corrected chi connectivity index (χ1v) is 7.08. The second-order valence-electron chi connectivity index (χ2n) is 4.66. The molecule has 2 rings (SSSR count). The molecule has 1 aliphatic carbocycles. The number of halogens is 1. The number of hydrogen-bond donors (Lipinski definition) is 1. The summed E-state index contributed by atoms with van der Waals surface area (Å²) in [6.07, 6.45) is 4.24. The monoisotopic (exact) mass is 297 g/mol. The van der Waals surface area contributed by atoms with Gasteiger partial charge in [0.05, 0.1) is 14.2 Å². The van der Waals surface area contributed by atoms with E-state index in [2.05, 4.69) is 5.32 Å². The molecule has 1 aromatic carbocycles. The highest BCUT2D eigenvalue weighted by atomic mass is 35.5. The average molecular weight is 298 g/mol. The van der Waals surface area contributed by atoms with Gasteiger partial charge in [-0.05, 0) is 36.6 Å². The fourth-order valence-corrected chi connectivity index (χ4v) is 1.97. The van der Waals surface area contributed by atoms with Gasteiger partial charge in [0.15, 0.2) is 11.5 Å². The van der Waals surface area contributed by atoms with Crippen molar-refractivity contribution in [2.75, 3.05) is 20.8 Å². The Morgan fingerprint density at radius 3 is 2.40 bits per heavy atom. The number of benzene rings is 1. The van der Waals surface area contributed by atoms with Crippen LogP contribution >= 0.6 is 11.6 Å². The van der Waals surface area contributed by atoms with Crippen molar-refractivity contribution in [2.45, 2.75) is 25.4 Å². The standard InChI is InChI=1S/C15H20ClNO3/c1-18-13-8-11(10-17-12-4-5-12)9-14(19-2)15(13)20-7-3-6-16/h3,6,8-9,12,17H,4-5,7,10H2,1-2H3/b6-3+. The maximum absolute atomic E-state index is 5.64. The van der Waals surface area contributed by atoms with Gasteiger partial charge in [0.2, 0.25) is 5.75 Å². The van der Waals surface area contributed by atoms with Gasteiger partial charge >= 0.3 is 0 Å². The van der Waals surface area contributed by atoms with Crippen molar-refractivity contribution in [3.8, 4) is 17.2 Å². The molecule has 0 radical (unpaired) electrons. The SMILES string of the molecule is COc1cc(CNC2CC2)cc(OC)c1OC/C=C/Cl. The third kappa shape index (κ3) is 4.05. The second kappa shape index (κ2) is 7.41. The molecule has 0 aliphatic heterocycles. The van der Waals surface area contributed by atoms with E-state index in [0.717, 1.165) is 12.1 Å². The average Bonchev–Trinajstić information content (AvgIpc) is 3.29. The first-order valence-electron chi connectivity index (χ1n) is 6.64. The Balaban J connectivity index is 2.15. The zero-order chi connectivity index (χ0) is 14.4. The molecule has 0 amide bonds. The molecule has 0 saturated heterocycles. The highest BCUT2D eigenvalue weighted by Crippen LogP contribution is 2.38. The topological polar surface area (TPSA) is 39.7 Å². The highest BCUT2D eigenvalue weighted by molar-refractivity contribution is 6.25. The smallest absolute Gasteiger partial charge is 0.203 e. The summed E-state index contributed by atoms with van der Waals surface area (Å²) in [5.74, 6) is 1.93. The number of methoxy groups -OCH3 is 2. The molecule has 0 spiro atoms. The molecule has 1 aliphatic rings. The van der Waals surface area contributed by atoms with E-state index in [-0.39, 0.29) is 0 Å². The second-order valence-corrected chi connectivity index (χ2v) is 4.91.